The lowest BCUT2D eigenvalue weighted by Crippen LogP contribution is -2.09. The second-order valence-electron chi connectivity index (χ2n) is 9.00. The van der Waals surface area contributed by atoms with Gasteiger partial charge in [0.15, 0.2) is 0 Å². The number of hydrogen-bond donors (Lipinski definition) is 1. The minimum atomic E-state index is -0.420. The molecule has 6 rings (SSSR count). The lowest BCUT2D eigenvalue weighted by molar-refractivity contribution is -0.384. The van der Waals surface area contributed by atoms with E-state index in [4.69, 9.17) is 19.5 Å². The minimum absolute atomic E-state index is 0.0394. The van der Waals surface area contributed by atoms with Gasteiger partial charge in [-0.2, -0.15) is 0 Å². The van der Waals surface area contributed by atoms with E-state index >= 15 is 0 Å². The van der Waals surface area contributed by atoms with E-state index in [1.807, 2.05) is 84.9 Å². The molecule has 2 aliphatic rings. The Bertz CT molecular complexity index is 1540. The van der Waals surface area contributed by atoms with Crippen molar-refractivity contribution in [3.8, 4) is 0 Å². The largest absolute Gasteiger partial charge is 0.475 e. The number of benzene rings is 4. The molecule has 2 heterocycles. The van der Waals surface area contributed by atoms with Crippen molar-refractivity contribution in [1.29, 1.82) is 0 Å². The standard InChI is InChI=1S/C30H24N4O4/c35-34(36)22-15-16-26(24(17-22)30-33-28(19-38-30)21-11-5-2-6-12-21)31-25-14-8-7-13-23(25)29-32-27(18-37-29)20-9-3-1-4-10-20/h1-17,27-28,31H,18-19H2. The summed E-state index contributed by atoms with van der Waals surface area (Å²) in [5.41, 5.74) is 4.78. The second kappa shape index (κ2) is 10.2. The van der Waals surface area contributed by atoms with E-state index in [1.165, 1.54) is 12.1 Å². The van der Waals surface area contributed by atoms with Crippen LogP contribution in [0.5, 0.6) is 0 Å². The fourth-order valence-electron chi connectivity index (χ4n) is 4.59. The van der Waals surface area contributed by atoms with Crippen LogP contribution in [0, 0.1) is 10.1 Å². The highest BCUT2D eigenvalue weighted by molar-refractivity contribution is 6.04. The van der Waals surface area contributed by atoms with Crippen molar-refractivity contribution in [3.05, 3.63) is 135 Å². The third kappa shape index (κ3) is 4.71. The number of nitrogens with one attached hydrogen (secondary N) is 1. The molecule has 0 fully saturated rings. The molecule has 0 amide bonds. The molecular formula is C30H24N4O4. The molecule has 2 atom stereocenters. The van der Waals surface area contributed by atoms with Crippen LogP contribution in [0.25, 0.3) is 0 Å². The van der Waals surface area contributed by atoms with Gasteiger partial charge in [-0.1, -0.05) is 72.8 Å². The lowest BCUT2D eigenvalue weighted by Gasteiger charge is -2.15. The predicted molar refractivity (Wildman–Crippen MR) is 146 cm³/mol. The average Bonchev–Trinajstić information content (AvgIpc) is 3.65. The summed E-state index contributed by atoms with van der Waals surface area (Å²) in [6, 6.07) is 32.0. The molecule has 0 aromatic heterocycles. The summed E-state index contributed by atoms with van der Waals surface area (Å²) >= 11 is 0. The number of para-hydroxylation sites is 1. The maximum atomic E-state index is 11.6. The summed E-state index contributed by atoms with van der Waals surface area (Å²) < 4.78 is 12.0. The highest BCUT2D eigenvalue weighted by Crippen LogP contribution is 2.33. The molecule has 2 aliphatic heterocycles. The van der Waals surface area contributed by atoms with Crippen molar-refractivity contribution < 1.29 is 14.4 Å². The number of hydrogen-bond acceptors (Lipinski definition) is 7. The van der Waals surface area contributed by atoms with Crippen molar-refractivity contribution in [2.75, 3.05) is 18.5 Å². The molecule has 0 aliphatic carbocycles. The SMILES string of the molecule is O=[N+]([O-])c1ccc(Nc2ccccc2C2=NC(c3ccccc3)CO2)c(C2=NC(c3ccccc3)CO2)c1. The number of aliphatic imine (C=N–C) groups is 2. The van der Waals surface area contributed by atoms with Crippen LogP contribution in [0.1, 0.15) is 34.3 Å². The Kier molecular flexibility index (Phi) is 6.27. The Hall–Kier alpha value is -4.98. The van der Waals surface area contributed by atoms with Crippen LogP contribution in [0.3, 0.4) is 0 Å². The first-order chi connectivity index (χ1) is 18.7. The summed E-state index contributed by atoms with van der Waals surface area (Å²) in [6.07, 6.45) is 0. The van der Waals surface area contributed by atoms with Gasteiger partial charge in [0.1, 0.15) is 25.3 Å². The molecule has 0 radical (unpaired) electrons. The highest BCUT2D eigenvalue weighted by Gasteiger charge is 2.27. The van der Waals surface area contributed by atoms with Gasteiger partial charge in [0.05, 0.1) is 27.4 Å². The number of non-ortho nitro benzene ring substituents is 1. The highest BCUT2D eigenvalue weighted by atomic mass is 16.6. The lowest BCUT2D eigenvalue weighted by atomic mass is 10.1. The Morgan fingerprint density at radius 2 is 1.21 bits per heavy atom. The van der Waals surface area contributed by atoms with E-state index in [-0.39, 0.29) is 17.8 Å². The molecule has 8 nitrogen and oxygen atoms in total. The van der Waals surface area contributed by atoms with E-state index in [0.717, 1.165) is 22.4 Å². The van der Waals surface area contributed by atoms with Gasteiger partial charge in [0.25, 0.3) is 5.69 Å². The second-order valence-corrected chi connectivity index (χ2v) is 9.00. The molecule has 8 heteroatoms. The van der Waals surface area contributed by atoms with E-state index in [9.17, 15) is 10.1 Å². The number of rotatable bonds is 7. The molecule has 0 bridgehead atoms. The molecule has 1 N–H and O–H groups in total. The van der Waals surface area contributed by atoms with Gasteiger partial charge in [-0.15, -0.1) is 0 Å². The normalized spacial score (nSPS) is 18.2. The minimum Gasteiger partial charge on any atom is -0.475 e. The Morgan fingerprint density at radius 1 is 0.684 bits per heavy atom. The first-order valence-electron chi connectivity index (χ1n) is 12.3. The number of nitro benzene ring substituents is 1. The maximum Gasteiger partial charge on any atom is 0.270 e. The smallest absolute Gasteiger partial charge is 0.270 e. The molecule has 4 aromatic rings. The number of ether oxygens (including phenoxy) is 2. The van der Waals surface area contributed by atoms with Crippen molar-refractivity contribution >= 4 is 28.9 Å². The molecule has 38 heavy (non-hydrogen) atoms. The van der Waals surface area contributed by atoms with Crippen molar-refractivity contribution in [2.24, 2.45) is 9.98 Å². The van der Waals surface area contributed by atoms with E-state index in [2.05, 4.69) is 5.32 Å². The number of anilines is 2. The van der Waals surface area contributed by atoms with Crippen molar-refractivity contribution in [2.45, 2.75) is 12.1 Å². The monoisotopic (exact) mass is 504 g/mol. The molecule has 0 saturated carbocycles. The fourth-order valence-corrected chi connectivity index (χ4v) is 4.59. The zero-order valence-corrected chi connectivity index (χ0v) is 20.4. The van der Waals surface area contributed by atoms with Crippen molar-refractivity contribution in [1.82, 2.24) is 0 Å². The quantitative estimate of drug-likeness (QED) is 0.233. The van der Waals surface area contributed by atoms with Gasteiger partial charge >= 0.3 is 0 Å². The van der Waals surface area contributed by atoms with Crippen molar-refractivity contribution in [3.63, 3.8) is 0 Å². The number of nitrogens with zero attached hydrogens (tertiary/aromatic N) is 3. The third-order valence-electron chi connectivity index (χ3n) is 6.54. The molecule has 0 spiro atoms. The molecule has 2 unspecified atom stereocenters. The van der Waals surface area contributed by atoms with Crippen LogP contribution in [0.4, 0.5) is 17.1 Å². The molecule has 0 saturated heterocycles. The summed E-state index contributed by atoms with van der Waals surface area (Å²) in [4.78, 5) is 20.7. The summed E-state index contributed by atoms with van der Waals surface area (Å²) in [7, 11) is 0. The van der Waals surface area contributed by atoms with Gasteiger partial charge in [-0.25, -0.2) is 9.98 Å². The first-order valence-corrected chi connectivity index (χ1v) is 12.3. The van der Waals surface area contributed by atoms with Gasteiger partial charge in [0, 0.05) is 12.1 Å². The van der Waals surface area contributed by atoms with Gasteiger partial charge in [-0.05, 0) is 29.3 Å². The fraction of sp³-hybridized carbons (Fsp3) is 0.133. The van der Waals surface area contributed by atoms with Crippen LogP contribution in [-0.4, -0.2) is 29.9 Å². The van der Waals surface area contributed by atoms with Crippen LogP contribution in [-0.2, 0) is 9.47 Å². The van der Waals surface area contributed by atoms with Crippen LogP contribution in [0.15, 0.2) is 113 Å². The van der Waals surface area contributed by atoms with Gasteiger partial charge < -0.3 is 14.8 Å². The zero-order valence-electron chi connectivity index (χ0n) is 20.4. The maximum absolute atomic E-state index is 11.6. The third-order valence-corrected chi connectivity index (χ3v) is 6.54. The van der Waals surface area contributed by atoms with E-state index < -0.39 is 4.92 Å². The molecule has 188 valence electrons. The Labute approximate surface area is 219 Å². The van der Waals surface area contributed by atoms with E-state index in [0.29, 0.717) is 36.3 Å². The zero-order chi connectivity index (χ0) is 25.9. The Morgan fingerprint density at radius 3 is 1.82 bits per heavy atom. The predicted octanol–water partition coefficient (Wildman–Crippen LogP) is 6.37. The summed E-state index contributed by atoms with van der Waals surface area (Å²) in [5, 5.41) is 15.0. The van der Waals surface area contributed by atoms with Crippen LogP contribution >= 0.6 is 0 Å². The topological polar surface area (TPSA) is 98.4 Å². The van der Waals surface area contributed by atoms with Gasteiger partial charge in [0.2, 0.25) is 11.8 Å². The van der Waals surface area contributed by atoms with Crippen LogP contribution < -0.4 is 5.32 Å². The molecular weight excluding hydrogens is 480 g/mol. The number of nitro groups is 1. The molecule has 4 aromatic carbocycles. The van der Waals surface area contributed by atoms with Gasteiger partial charge in [-0.3, -0.25) is 10.1 Å². The van der Waals surface area contributed by atoms with E-state index in [1.54, 1.807) is 6.07 Å². The average molecular weight is 505 g/mol. The summed E-state index contributed by atoms with van der Waals surface area (Å²) in [6.45, 7) is 0.825. The Balaban J connectivity index is 1.34. The first kappa shape index (κ1) is 23.4. The summed E-state index contributed by atoms with van der Waals surface area (Å²) in [5.74, 6) is 0.908. The van der Waals surface area contributed by atoms with Crippen LogP contribution in [0.2, 0.25) is 0 Å².